The van der Waals surface area contributed by atoms with Gasteiger partial charge in [0.15, 0.2) is 0 Å². The molecule has 0 N–H and O–H groups in total. The molecule has 1 aliphatic rings. The van der Waals surface area contributed by atoms with Crippen LogP contribution in [0.3, 0.4) is 0 Å². The Morgan fingerprint density at radius 1 is 1.35 bits per heavy atom. The van der Waals surface area contributed by atoms with Gasteiger partial charge in [-0.05, 0) is 56.4 Å². The molecule has 0 amide bonds. The molecule has 1 fully saturated rings. The maximum atomic E-state index is 12.6. The SMILES string of the molecule is CCOP(=O)(OCC)c1cc[c]c(C2CC2)c1. The Bertz CT molecular complexity index is 416. The van der Waals surface area contributed by atoms with Crippen molar-refractivity contribution in [2.45, 2.75) is 32.6 Å². The van der Waals surface area contributed by atoms with E-state index in [2.05, 4.69) is 6.07 Å². The second kappa shape index (κ2) is 5.34. The molecule has 0 heterocycles. The van der Waals surface area contributed by atoms with E-state index in [-0.39, 0.29) is 0 Å². The third kappa shape index (κ3) is 2.98. The van der Waals surface area contributed by atoms with Crippen LogP contribution in [0.2, 0.25) is 0 Å². The van der Waals surface area contributed by atoms with E-state index in [4.69, 9.17) is 9.05 Å². The lowest BCUT2D eigenvalue weighted by Crippen LogP contribution is -2.11. The first kappa shape index (κ1) is 12.8. The largest absolute Gasteiger partial charge is 0.361 e. The molecular formula is C13H18O3P. The van der Waals surface area contributed by atoms with Crippen molar-refractivity contribution in [3.63, 3.8) is 0 Å². The molecule has 1 aliphatic carbocycles. The van der Waals surface area contributed by atoms with Crippen LogP contribution >= 0.6 is 7.60 Å². The molecule has 1 aromatic rings. The van der Waals surface area contributed by atoms with Crippen LogP contribution in [-0.2, 0) is 13.6 Å². The number of hydrogen-bond donors (Lipinski definition) is 0. The van der Waals surface area contributed by atoms with E-state index < -0.39 is 7.60 Å². The summed E-state index contributed by atoms with van der Waals surface area (Å²) in [6.45, 7) is 4.41. The summed E-state index contributed by atoms with van der Waals surface area (Å²) < 4.78 is 23.2. The number of benzene rings is 1. The zero-order valence-corrected chi connectivity index (χ0v) is 11.2. The lowest BCUT2D eigenvalue weighted by molar-refractivity contribution is 0.230. The quantitative estimate of drug-likeness (QED) is 0.730. The first-order valence-electron chi connectivity index (χ1n) is 6.11. The topological polar surface area (TPSA) is 35.5 Å². The van der Waals surface area contributed by atoms with E-state index in [0.29, 0.717) is 24.4 Å². The smallest absolute Gasteiger partial charge is 0.305 e. The molecule has 1 saturated carbocycles. The summed E-state index contributed by atoms with van der Waals surface area (Å²) in [7, 11) is -3.13. The molecule has 0 unspecified atom stereocenters. The highest BCUT2D eigenvalue weighted by Crippen LogP contribution is 2.48. The second-order valence-electron chi connectivity index (χ2n) is 4.11. The minimum absolute atomic E-state index is 0.384. The average molecular weight is 253 g/mol. The van der Waals surface area contributed by atoms with Crippen LogP contribution in [0.1, 0.15) is 38.2 Å². The fraction of sp³-hybridized carbons (Fsp3) is 0.538. The van der Waals surface area contributed by atoms with Crippen LogP contribution in [0.4, 0.5) is 0 Å². The van der Waals surface area contributed by atoms with Crippen molar-refractivity contribution in [2.24, 2.45) is 0 Å². The Kier molecular flexibility index (Phi) is 4.03. The third-order valence-corrected chi connectivity index (χ3v) is 4.85. The lowest BCUT2D eigenvalue weighted by Gasteiger charge is -2.17. The standard InChI is InChI=1S/C13H18O3P/c1-3-15-17(14,16-4-2)13-7-5-6-12(10-13)11-8-9-11/h5,7,10-11H,3-4,8-9H2,1-2H3. The van der Waals surface area contributed by atoms with Crippen molar-refractivity contribution < 1.29 is 13.6 Å². The van der Waals surface area contributed by atoms with Gasteiger partial charge in [-0.25, -0.2) is 0 Å². The predicted molar refractivity (Wildman–Crippen MR) is 67.7 cm³/mol. The summed E-state index contributed by atoms with van der Waals surface area (Å²) in [4.78, 5) is 0. The fourth-order valence-electron chi connectivity index (χ4n) is 1.80. The van der Waals surface area contributed by atoms with E-state index in [1.165, 1.54) is 12.8 Å². The van der Waals surface area contributed by atoms with Gasteiger partial charge >= 0.3 is 7.60 Å². The van der Waals surface area contributed by atoms with Gasteiger partial charge in [-0.3, -0.25) is 4.57 Å². The summed E-state index contributed by atoms with van der Waals surface area (Å²) in [5.74, 6) is 0.589. The molecule has 2 rings (SSSR count). The van der Waals surface area contributed by atoms with Crippen LogP contribution < -0.4 is 5.30 Å². The maximum absolute atomic E-state index is 12.6. The Labute approximate surface area is 103 Å². The number of hydrogen-bond acceptors (Lipinski definition) is 3. The van der Waals surface area contributed by atoms with Gasteiger partial charge in [-0.1, -0.05) is 6.07 Å². The van der Waals surface area contributed by atoms with Crippen LogP contribution in [-0.4, -0.2) is 13.2 Å². The molecular weight excluding hydrogens is 235 g/mol. The minimum atomic E-state index is -3.13. The monoisotopic (exact) mass is 253 g/mol. The first-order chi connectivity index (χ1) is 8.19. The minimum Gasteiger partial charge on any atom is -0.305 e. The predicted octanol–water partition coefficient (Wildman–Crippen LogP) is 3.26. The first-order valence-corrected chi connectivity index (χ1v) is 7.65. The molecule has 3 nitrogen and oxygen atoms in total. The van der Waals surface area contributed by atoms with Gasteiger partial charge in [0.05, 0.1) is 18.5 Å². The lowest BCUT2D eigenvalue weighted by atomic mass is 10.1. The summed E-state index contributed by atoms with van der Waals surface area (Å²) in [5.41, 5.74) is 1.13. The van der Waals surface area contributed by atoms with Crippen LogP contribution in [0, 0.1) is 6.07 Å². The van der Waals surface area contributed by atoms with Crippen molar-refractivity contribution in [3.05, 3.63) is 29.8 Å². The van der Waals surface area contributed by atoms with Gasteiger partial charge in [-0.2, -0.15) is 0 Å². The van der Waals surface area contributed by atoms with E-state index in [1.807, 2.05) is 26.0 Å². The van der Waals surface area contributed by atoms with Crippen molar-refractivity contribution in [1.82, 2.24) is 0 Å². The molecule has 0 atom stereocenters. The van der Waals surface area contributed by atoms with Crippen molar-refractivity contribution in [2.75, 3.05) is 13.2 Å². The van der Waals surface area contributed by atoms with Gasteiger partial charge in [0.2, 0.25) is 0 Å². The molecule has 1 aromatic carbocycles. The summed E-state index contributed by atoms with van der Waals surface area (Å²) in [6.07, 6.45) is 2.40. The molecule has 0 aliphatic heterocycles. The molecule has 4 heteroatoms. The summed E-state index contributed by atoms with van der Waals surface area (Å²) in [5, 5.41) is 0.654. The molecule has 0 aromatic heterocycles. The van der Waals surface area contributed by atoms with E-state index >= 15 is 0 Å². The molecule has 1 radical (unpaired) electrons. The van der Waals surface area contributed by atoms with E-state index in [1.54, 1.807) is 6.07 Å². The molecule has 0 bridgehead atoms. The number of rotatable bonds is 6. The average Bonchev–Trinajstić information content (AvgIpc) is 3.14. The summed E-state index contributed by atoms with van der Waals surface area (Å²) >= 11 is 0. The van der Waals surface area contributed by atoms with Gasteiger partial charge in [0.1, 0.15) is 0 Å². The van der Waals surface area contributed by atoms with Crippen LogP contribution in [0.5, 0.6) is 0 Å². The Balaban J connectivity index is 2.28. The van der Waals surface area contributed by atoms with Gasteiger partial charge in [0, 0.05) is 0 Å². The maximum Gasteiger partial charge on any atom is 0.361 e. The van der Waals surface area contributed by atoms with Crippen molar-refractivity contribution in [3.8, 4) is 0 Å². The van der Waals surface area contributed by atoms with Gasteiger partial charge in [0.25, 0.3) is 0 Å². The van der Waals surface area contributed by atoms with Crippen molar-refractivity contribution in [1.29, 1.82) is 0 Å². The van der Waals surface area contributed by atoms with Gasteiger partial charge < -0.3 is 9.05 Å². The van der Waals surface area contributed by atoms with Crippen LogP contribution in [0.15, 0.2) is 18.2 Å². The fourth-order valence-corrected chi connectivity index (χ4v) is 3.41. The Morgan fingerprint density at radius 2 is 2.00 bits per heavy atom. The summed E-state index contributed by atoms with van der Waals surface area (Å²) in [6, 6.07) is 8.70. The van der Waals surface area contributed by atoms with E-state index in [9.17, 15) is 4.57 Å². The highest BCUT2D eigenvalue weighted by atomic mass is 31.2. The zero-order valence-electron chi connectivity index (χ0n) is 10.3. The Morgan fingerprint density at radius 3 is 2.53 bits per heavy atom. The molecule has 0 spiro atoms. The highest BCUT2D eigenvalue weighted by molar-refractivity contribution is 7.62. The zero-order chi connectivity index (χ0) is 12.3. The highest BCUT2D eigenvalue weighted by Gasteiger charge is 2.29. The molecule has 93 valence electrons. The second-order valence-corrected chi connectivity index (χ2v) is 6.14. The van der Waals surface area contributed by atoms with Gasteiger partial charge in [-0.15, -0.1) is 0 Å². The van der Waals surface area contributed by atoms with Crippen LogP contribution in [0.25, 0.3) is 0 Å². The molecule has 0 saturated heterocycles. The third-order valence-electron chi connectivity index (χ3n) is 2.74. The molecule has 17 heavy (non-hydrogen) atoms. The van der Waals surface area contributed by atoms with E-state index in [0.717, 1.165) is 5.56 Å². The van der Waals surface area contributed by atoms with Crippen molar-refractivity contribution >= 4 is 12.9 Å². The Hall–Kier alpha value is -0.630. The normalized spacial score (nSPS) is 16.1.